The maximum atomic E-state index is 2.39. The Bertz CT molecular complexity index is 376. The monoisotopic (exact) mass is 988 g/mol. The van der Waals surface area contributed by atoms with E-state index in [2.05, 4.69) is 65.8 Å². The molecule has 0 unspecified atom stereocenters. The molecule has 0 saturated heterocycles. The van der Waals surface area contributed by atoms with Crippen molar-refractivity contribution in [1.82, 2.24) is 0 Å². The first kappa shape index (κ1) is 43.3. The van der Waals surface area contributed by atoms with Crippen molar-refractivity contribution < 1.29 is 86.9 Å². The fourth-order valence-corrected chi connectivity index (χ4v) is 2.90. The summed E-state index contributed by atoms with van der Waals surface area (Å²) in [6, 6.07) is 8.71. The van der Waals surface area contributed by atoms with E-state index in [-0.39, 0.29) is 135 Å². The van der Waals surface area contributed by atoms with Crippen LogP contribution in [0.25, 0.3) is 0 Å². The number of benzene rings is 1. The SMILES string of the molecule is CC1CCC(C(C)C)CC1.Cc1ccc(C(C)C)cc1.I.I.[I-].[I-].[Ru+].[Ru+]. The summed E-state index contributed by atoms with van der Waals surface area (Å²) in [7, 11) is 0. The van der Waals surface area contributed by atoms with E-state index < -0.39 is 0 Å². The Morgan fingerprint density at radius 3 is 1.46 bits per heavy atom. The first-order valence-corrected chi connectivity index (χ1v) is 8.46. The molecule has 26 heavy (non-hydrogen) atoms. The van der Waals surface area contributed by atoms with E-state index in [4.69, 9.17) is 0 Å². The third-order valence-corrected chi connectivity index (χ3v) is 4.75. The molecule has 6 heteroatoms. The topological polar surface area (TPSA) is 0 Å². The van der Waals surface area contributed by atoms with Gasteiger partial charge in [0.05, 0.1) is 0 Å². The Balaban J connectivity index is -0.0000000625. The summed E-state index contributed by atoms with van der Waals surface area (Å²) in [5.41, 5.74) is 2.76. The van der Waals surface area contributed by atoms with Crippen LogP contribution in [-0.4, -0.2) is 0 Å². The molecule has 0 aliphatic heterocycles. The standard InChI is InChI=1S/C10H20.C10H14.4HI.2Ru/c2*1-8(2)10-6-4-9(3)5-7-10;;;;;;/h8-10H,4-7H2,1-3H3;4-8H,1-3H3;4*1H;;/q;;;;;;2*+1/p-2. The molecule has 1 fully saturated rings. The Labute approximate surface area is 257 Å². The van der Waals surface area contributed by atoms with Crippen molar-refractivity contribution in [3.05, 3.63) is 35.4 Å². The maximum absolute atomic E-state index is 2.39. The van der Waals surface area contributed by atoms with Crippen molar-refractivity contribution in [3.63, 3.8) is 0 Å². The predicted molar refractivity (Wildman–Crippen MR) is 122 cm³/mol. The van der Waals surface area contributed by atoms with Gasteiger partial charge < -0.3 is 48.0 Å². The van der Waals surface area contributed by atoms with Gasteiger partial charge in [-0.05, 0) is 49.0 Å². The van der Waals surface area contributed by atoms with Gasteiger partial charge in [-0.1, -0.05) is 77.3 Å². The second-order valence-electron chi connectivity index (χ2n) is 7.33. The van der Waals surface area contributed by atoms with E-state index in [9.17, 15) is 0 Å². The molecule has 1 aliphatic rings. The zero-order chi connectivity index (χ0) is 15.1. The minimum absolute atomic E-state index is 0. The molecule has 0 bridgehead atoms. The van der Waals surface area contributed by atoms with Crippen molar-refractivity contribution in [1.29, 1.82) is 0 Å². The number of aryl methyl sites for hydroxylation is 1. The Hall–Kier alpha value is 3.39. The van der Waals surface area contributed by atoms with E-state index in [0.717, 1.165) is 17.8 Å². The summed E-state index contributed by atoms with van der Waals surface area (Å²) in [6.45, 7) is 13.7. The Morgan fingerprint density at radius 1 is 0.769 bits per heavy atom. The van der Waals surface area contributed by atoms with Crippen LogP contribution in [0.2, 0.25) is 0 Å². The second kappa shape index (κ2) is 24.7. The summed E-state index contributed by atoms with van der Waals surface area (Å²) in [5, 5.41) is 0. The van der Waals surface area contributed by atoms with E-state index in [1.165, 1.54) is 36.8 Å². The summed E-state index contributed by atoms with van der Waals surface area (Å²) in [5.74, 6) is 3.62. The van der Waals surface area contributed by atoms with Crippen LogP contribution in [0.3, 0.4) is 0 Å². The number of hydrogen-bond acceptors (Lipinski definition) is 0. The van der Waals surface area contributed by atoms with Gasteiger partial charge in [0.15, 0.2) is 0 Å². The van der Waals surface area contributed by atoms with Gasteiger partial charge in [0.2, 0.25) is 0 Å². The third-order valence-electron chi connectivity index (χ3n) is 4.75. The molecule has 0 heterocycles. The van der Waals surface area contributed by atoms with Crippen molar-refractivity contribution in [2.24, 2.45) is 17.8 Å². The largest absolute Gasteiger partial charge is 1.00 e. The van der Waals surface area contributed by atoms with Gasteiger partial charge in [0, 0.05) is 0 Å². The van der Waals surface area contributed by atoms with Crippen LogP contribution in [0.5, 0.6) is 0 Å². The average Bonchev–Trinajstić information content (AvgIpc) is 2.40. The molecule has 1 aliphatic carbocycles. The van der Waals surface area contributed by atoms with Crippen LogP contribution < -0.4 is 48.0 Å². The fraction of sp³-hybridized carbons (Fsp3) is 0.700. The minimum atomic E-state index is 0. The number of hydrogen-bond donors (Lipinski definition) is 0. The first-order chi connectivity index (χ1) is 9.40. The van der Waals surface area contributed by atoms with Gasteiger partial charge in [0.1, 0.15) is 0 Å². The molecular weight excluding hydrogens is 950 g/mol. The molecule has 0 amide bonds. The smallest absolute Gasteiger partial charge is 1.00 e. The molecule has 2 rings (SSSR count). The molecule has 160 valence electrons. The van der Waals surface area contributed by atoms with Gasteiger partial charge in [-0.15, -0.1) is 48.0 Å². The van der Waals surface area contributed by atoms with Crippen molar-refractivity contribution in [3.8, 4) is 0 Å². The maximum Gasteiger partial charge on any atom is 1.00 e. The molecule has 0 N–H and O–H groups in total. The van der Waals surface area contributed by atoms with Crippen LogP contribution in [-0.2, 0) is 39.0 Å². The molecule has 0 atom stereocenters. The molecule has 0 spiro atoms. The van der Waals surface area contributed by atoms with E-state index in [1.807, 2.05) is 0 Å². The van der Waals surface area contributed by atoms with Gasteiger partial charge in [-0.3, -0.25) is 0 Å². The summed E-state index contributed by atoms with van der Waals surface area (Å²) >= 11 is 0. The zero-order valence-electron chi connectivity index (χ0n) is 16.7. The fourth-order valence-electron chi connectivity index (χ4n) is 2.90. The predicted octanol–water partition coefficient (Wildman–Crippen LogP) is 1.83. The molecule has 1 aromatic rings. The van der Waals surface area contributed by atoms with Crippen LogP contribution in [0.1, 0.15) is 77.3 Å². The average molecular weight is 986 g/mol. The Morgan fingerprint density at radius 2 is 1.15 bits per heavy atom. The molecule has 2 radical (unpaired) electrons. The normalized spacial score (nSPS) is 17.4. The zero-order valence-corrected chi connectivity index (χ0v) is 29.2. The number of halogens is 4. The van der Waals surface area contributed by atoms with E-state index >= 15 is 0 Å². The second-order valence-corrected chi connectivity index (χ2v) is 7.33. The van der Waals surface area contributed by atoms with E-state index in [1.54, 1.807) is 0 Å². The van der Waals surface area contributed by atoms with Gasteiger partial charge in [-0.25, -0.2) is 0 Å². The van der Waals surface area contributed by atoms with Crippen LogP contribution in [0, 0.1) is 24.7 Å². The van der Waals surface area contributed by atoms with Crippen LogP contribution in [0.15, 0.2) is 24.3 Å². The van der Waals surface area contributed by atoms with Gasteiger partial charge in [-0.2, -0.15) is 0 Å². The first-order valence-electron chi connectivity index (χ1n) is 8.46. The van der Waals surface area contributed by atoms with Crippen LogP contribution in [0.4, 0.5) is 0 Å². The summed E-state index contributed by atoms with van der Waals surface area (Å²) < 4.78 is 0. The molecule has 0 aromatic heterocycles. The molecule has 0 nitrogen and oxygen atoms in total. The quantitative estimate of drug-likeness (QED) is 0.314. The van der Waals surface area contributed by atoms with Crippen LogP contribution >= 0.6 is 48.0 Å². The van der Waals surface area contributed by atoms with Crippen molar-refractivity contribution in [2.45, 2.75) is 73.1 Å². The van der Waals surface area contributed by atoms with E-state index in [0.29, 0.717) is 5.92 Å². The summed E-state index contributed by atoms with van der Waals surface area (Å²) in [4.78, 5) is 0. The molecular formula is C20H36I4Ru2. The van der Waals surface area contributed by atoms with Gasteiger partial charge >= 0.3 is 39.0 Å². The Kier molecular flexibility index (Phi) is 41.1. The number of rotatable bonds is 2. The third kappa shape index (κ3) is 19.4. The minimum Gasteiger partial charge on any atom is -1.00 e. The molecule has 1 aromatic carbocycles. The molecule has 1 saturated carbocycles. The summed E-state index contributed by atoms with van der Waals surface area (Å²) in [6.07, 6.45) is 5.92. The van der Waals surface area contributed by atoms with Crippen molar-refractivity contribution >= 4 is 48.0 Å². The van der Waals surface area contributed by atoms with Crippen molar-refractivity contribution in [2.75, 3.05) is 0 Å². The van der Waals surface area contributed by atoms with Gasteiger partial charge in [0.25, 0.3) is 0 Å².